The number of rotatable bonds is 6. The van der Waals surface area contributed by atoms with Gasteiger partial charge < -0.3 is 9.64 Å². The van der Waals surface area contributed by atoms with Crippen molar-refractivity contribution in [2.45, 2.75) is 45.2 Å². The van der Waals surface area contributed by atoms with Crippen LogP contribution in [0.2, 0.25) is 5.02 Å². The molecular weight excluding hydrogens is 422 g/mol. The lowest BCUT2D eigenvalue weighted by atomic mass is 9.87. The molecular formula is C23H28ClNO4S. The SMILES string of the molecule is CC(C)(C)c1ccc(OCC(=O)N(Cc2ccc(Cl)cc2)[C@@H]2CCS(=O)(=O)C2)cc1. The van der Waals surface area contributed by atoms with E-state index in [0.717, 1.165) is 5.56 Å². The minimum atomic E-state index is -3.11. The number of carbonyl (C=O) groups excluding carboxylic acids is 1. The number of hydrogen-bond acceptors (Lipinski definition) is 4. The highest BCUT2D eigenvalue weighted by Crippen LogP contribution is 2.25. The Kier molecular flexibility index (Phi) is 6.78. The molecule has 1 saturated heterocycles. The number of benzene rings is 2. The van der Waals surface area contributed by atoms with Crippen LogP contribution in [-0.2, 0) is 26.6 Å². The van der Waals surface area contributed by atoms with Crippen molar-refractivity contribution in [3.63, 3.8) is 0 Å². The highest BCUT2D eigenvalue weighted by Gasteiger charge is 2.34. The molecule has 3 rings (SSSR count). The monoisotopic (exact) mass is 449 g/mol. The van der Waals surface area contributed by atoms with E-state index in [4.69, 9.17) is 16.3 Å². The van der Waals surface area contributed by atoms with Gasteiger partial charge in [0.15, 0.2) is 16.4 Å². The predicted octanol–water partition coefficient (Wildman–Crippen LogP) is 4.23. The second kappa shape index (κ2) is 8.98. The molecule has 30 heavy (non-hydrogen) atoms. The Hall–Kier alpha value is -2.05. The molecule has 0 unspecified atom stereocenters. The van der Waals surface area contributed by atoms with Crippen molar-refractivity contribution < 1.29 is 17.9 Å². The third kappa shape index (κ3) is 5.99. The minimum Gasteiger partial charge on any atom is -0.484 e. The minimum absolute atomic E-state index is 0.00733. The summed E-state index contributed by atoms with van der Waals surface area (Å²) in [6.45, 7) is 6.59. The van der Waals surface area contributed by atoms with Gasteiger partial charge >= 0.3 is 0 Å². The molecule has 0 spiro atoms. The van der Waals surface area contributed by atoms with Crippen molar-refractivity contribution in [3.8, 4) is 5.75 Å². The molecule has 0 aromatic heterocycles. The molecule has 0 bridgehead atoms. The van der Waals surface area contributed by atoms with E-state index in [2.05, 4.69) is 20.8 Å². The van der Waals surface area contributed by atoms with Crippen molar-refractivity contribution in [2.75, 3.05) is 18.1 Å². The van der Waals surface area contributed by atoms with Gasteiger partial charge in [0, 0.05) is 17.6 Å². The van der Waals surface area contributed by atoms with E-state index >= 15 is 0 Å². The van der Waals surface area contributed by atoms with Gasteiger partial charge in [-0.1, -0.05) is 56.6 Å². The van der Waals surface area contributed by atoms with Gasteiger partial charge in [0.2, 0.25) is 0 Å². The van der Waals surface area contributed by atoms with E-state index in [1.807, 2.05) is 36.4 Å². The summed E-state index contributed by atoms with van der Waals surface area (Å²) in [4.78, 5) is 14.6. The molecule has 0 saturated carbocycles. The molecule has 1 heterocycles. The summed E-state index contributed by atoms with van der Waals surface area (Å²) in [7, 11) is -3.11. The number of nitrogens with zero attached hydrogens (tertiary/aromatic N) is 1. The highest BCUT2D eigenvalue weighted by atomic mass is 35.5. The average Bonchev–Trinajstić information content (AvgIpc) is 3.04. The molecule has 162 valence electrons. The normalized spacial score (nSPS) is 18.2. The Balaban J connectivity index is 1.70. The Morgan fingerprint density at radius 2 is 1.73 bits per heavy atom. The first kappa shape index (κ1) is 22.6. The van der Waals surface area contributed by atoms with Gasteiger partial charge in [0.25, 0.3) is 5.91 Å². The van der Waals surface area contributed by atoms with E-state index in [-0.39, 0.29) is 35.5 Å². The van der Waals surface area contributed by atoms with Crippen molar-refractivity contribution in [3.05, 3.63) is 64.7 Å². The van der Waals surface area contributed by atoms with Crippen LogP contribution in [0, 0.1) is 0 Å². The van der Waals surface area contributed by atoms with Crippen LogP contribution in [0.15, 0.2) is 48.5 Å². The molecule has 1 atom stereocenters. The Morgan fingerprint density at radius 1 is 1.10 bits per heavy atom. The van der Waals surface area contributed by atoms with Crippen LogP contribution in [0.5, 0.6) is 5.75 Å². The van der Waals surface area contributed by atoms with Crippen LogP contribution >= 0.6 is 11.6 Å². The Morgan fingerprint density at radius 3 is 2.27 bits per heavy atom. The lowest BCUT2D eigenvalue weighted by molar-refractivity contribution is -0.136. The van der Waals surface area contributed by atoms with Crippen LogP contribution in [0.4, 0.5) is 0 Å². The molecule has 1 aliphatic heterocycles. The molecule has 2 aromatic rings. The number of ether oxygens (including phenoxy) is 1. The van der Waals surface area contributed by atoms with Crippen molar-refractivity contribution >= 4 is 27.3 Å². The fourth-order valence-electron chi connectivity index (χ4n) is 3.51. The molecule has 0 radical (unpaired) electrons. The van der Waals surface area contributed by atoms with Gasteiger partial charge in [-0.15, -0.1) is 0 Å². The van der Waals surface area contributed by atoms with E-state index in [9.17, 15) is 13.2 Å². The predicted molar refractivity (Wildman–Crippen MR) is 120 cm³/mol. The smallest absolute Gasteiger partial charge is 0.261 e. The zero-order chi connectivity index (χ0) is 21.9. The quantitative estimate of drug-likeness (QED) is 0.661. The first-order valence-electron chi connectivity index (χ1n) is 10.0. The second-order valence-electron chi connectivity index (χ2n) is 8.77. The molecule has 5 nitrogen and oxygen atoms in total. The van der Waals surface area contributed by atoms with Gasteiger partial charge in [-0.25, -0.2) is 8.42 Å². The Labute approximate surface area is 183 Å². The van der Waals surface area contributed by atoms with Crippen molar-refractivity contribution in [2.24, 2.45) is 0 Å². The number of halogens is 1. The number of hydrogen-bond donors (Lipinski definition) is 0. The molecule has 7 heteroatoms. The van der Waals surface area contributed by atoms with Gasteiger partial charge in [-0.05, 0) is 47.2 Å². The van der Waals surface area contributed by atoms with Crippen LogP contribution in [0.1, 0.15) is 38.3 Å². The summed E-state index contributed by atoms with van der Waals surface area (Å²) < 4.78 is 29.7. The first-order chi connectivity index (χ1) is 14.0. The summed E-state index contributed by atoms with van der Waals surface area (Å²) in [6.07, 6.45) is 0.446. The van der Waals surface area contributed by atoms with Crippen molar-refractivity contribution in [1.82, 2.24) is 4.90 Å². The maximum absolute atomic E-state index is 13.0. The maximum Gasteiger partial charge on any atom is 0.261 e. The largest absolute Gasteiger partial charge is 0.484 e. The summed E-state index contributed by atoms with van der Waals surface area (Å²) in [5.74, 6) is 0.484. The standard InChI is InChI=1S/C23H28ClNO4S/c1-23(2,3)18-6-10-21(11-7-18)29-15-22(26)25(20-12-13-30(27,28)16-20)14-17-4-8-19(24)9-5-17/h4-11,20H,12-16H2,1-3H3/t20-/m1/s1. The van der Waals surface area contributed by atoms with Crippen LogP contribution in [-0.4, -0.2) is 43.4 Å². The summed E-state index contributed by atoms with van der Waals surface area (Å²) >= 11 is 5.95. The van der Waals surface area contributed by atoms with E-state index in [0.29, 0.717) is 23.7 Å². The molecule has 1 aliphatic rings. The van der Waals surface area contributed by atoms with Crippen LogP contribution < -0.4 is 4.74 Å². The van der Waals surface area contributed by atoms with Crippen LogP contribution in [0.25, 0.3) is 0 Å². The van der Waals surface area contributed by atoms with E-state index in [1.54, 1.807) is 17.0 Å². The average molecular weight is 450 g/mol. The number of amides is 1. The van der Waals surface area contributed by atoms with Gasteiger partial charge in [0.1, 0.15) is 5.75 Å². The fraction of sp³-hybridized carbons (Fsp3) is 0.435. The molecule has 0 aliphatic carbocycles. The third-order valence-electron chi connectivity index (χ3n) is 5.32. The maximum atomic E-state index is 13.0. The topological polar surface area (TPSA) is 63.7 Å². The lowest BCUT2D eigenvalue weighted by Gasteiger charge is -2.28. The highest BCUT2D eigenvalue weighted by molar-refractivity contribution is 7.91. The Bertz CT molecular complexity index is 979. The molecule has 2 aromatic carbocycles. The van der Waals surface area contributed by atoms with Gasteiger partial charge in [-0.3, -0.25) is 4.79 Å². The molecule has 1 fully saturated rings. The number of sulfone groups is 1. The lowest BCUT2D eigenvalue weighted by Crippen LogP contribution is -2.43. The van der Waals surface area contributed by atoms with Gasteiger partial charge in [-0.2, -0.15) is 0 Å². The van der Waals surface area contributed by atoms with E-state index < -0.39 is 9.84 Å². The van der Waals surface area contributed by atoms with Crippen molar-refractivity contribution in [1.29, 1.82) is 0 Å². The van der Waals surface area contributed by atoms with E-state index in [1.165, 1.54) is 5.56 Å². The van der Waals surface area contributed by atoms with Gasteiger partial charge in [0.05, 0.1) is 11.5 Å². The molecule has 1 amide bonds. The summed E-state index contributed by atoms with van der Waals surface area (Å²) in [6, 6.07) is 14.6. The summed E-state index contributed by atoms with van der Waals surface area (Å²) in [5, 5.41) is 0.613. The summed E-state index contributed by atoms with van der Waals surface area (Å²) in [5.41, 5.74) is 2.12. The number of carbonyl (C=O) groups is 1. The zero-order valence-corrected chi connectivity index (χ0v) is 19.2. The third-order valence-corrected chi connectivity index (χ3v) is 7.32. The fourth-order valence-corrected chi connectivity index (χ4v) is 5.36. The molecule has 0 N–H and O–H groups in total. The first-order valence-corrected chi connectivity index (χ1v) is 12.2. The zero-order valence-electron chi connectivity index (χ0n) is 17.6. The second-order valence-corrected chi connectivity index (χ2v) is 11.4. The van der Waals surface area contributed by atoms with Crippen LogP contribution in [0.3, 0.4) is 0 Å².